The second-order valence-electron chi connectivity index (χ2n) is 5.50. The number of hydrogen-bond acceptors (Lipinski definition) is 5. The maximum Gasteiger partial charge on any atom is 0.329 e. The van der Waals surface area contributed by atoms with E-state index in [0.29, 0.717) is 4.88 Å². The van der Waals surface area contributed by atoms with Gasteiger partial charge in [0.2, 0.25) is 0 Å². The lowest BCUT2D eigenvalue weighted by Gasteiger charge is -2.20. The number of amides is 2. The summed E-state index contributed by atoms with van der Waals surface area (Å²) in [5, 5.41) is 7.06. The van der Waals surface area contributed by atoms with Crippen LogP contribution in [-0.4, -0.2) is 36.5 Å². The van der Waals surface area contributed by atoms with Gasteiger partial charge in [0, 0.05) is 6.04 Å². The highest BCUT2D eigenvalue weighted by atomic mass is 32.1. The zero-order valence-corrected chi connectivity index (χ0v) is 14.0. The zero-order chi connectivity index (χ0) is 16.7. The van der Waals surface area contributed by atoms with E-state index >= 15 is 0 Å². The molecule has 0 unspecified atom stereocenters. The molecule has 122 valence electrons. The summed E-state index contributed by atoms with van der Waals surface area (Å²) in [6.07, 6.45) is 0. The van der Waals surface area contributed by atoms with Crippen molar-refractivity contribution in [1.29, 1.82) is 0 Å². The minimum absolute atomic E-state index is 0.0226. The number of carbonyl (C=O) groups is 3. The van der Waals surface area contributed by atoms with Crippen molar-refractivity contribution in [3.05, 3.63) is 22.4 Å². The molecule has 0 aromatic carbocycles. The molecule has 0 saturated heterocycles. The van der Waals surface area contributed by atoms with Gasteiger partial charge in [-0.2, -0.15) is 0 Å². The van der Waals surface area contributed by atoms with Gasteiger partial charge in [0.25, 0.3) is 11.8 Å². The molecule has 0 saturated carbocycles. The molecule has 1 aromatic heterocycles. The first-order valence-electron chi connectivity index (χ1n) is 7.11. The molecule has 0 aliphatic rings. The Morgan fingerprint density at radius 1 is 1.18 bits per heavy atom. The summed E-state index contributed by atoms with van der Waals surface area (Å²) in [7, 11) is 0. The third-order valence-electron chi connectivity index (χ3n) is 2.75. The van der Waals surface area contributed by atoms with E-state index in [1.807, 2.05) is 13.8 Å². The van der Waals surface area contributed by atoms with E-state index in [1.165, 1.54) is 11.3 Å². The fraction of sp³-hybridized carbons (Fsp3) is 0.533. The van der Waals surface area contributed by atoms with Crippen LogP contribution in [0.5, 0.6) is 0 Å². The number of ether oxygens (including phenoxy) is 1. The summed E-state index contributed by atoms with van der Waals surface area (Å²) in [6, 6.07) is 2.63. The van der Waals surface area contributed by atoms with E-state index in [-0.39, 0.29) is 30.4 Å². The maximum absolute atomic E-state index is 12.1. The molecule has 0 aliphatic carbocycles. The molecule has 0 fully saturated rings. The average molecular weight is 326 g/mol. The Morgan fingerprint density at radius 2 is 1.86 bits per heavy atom. The van der Waals surface area contributed by atoms with Crippen molar-refractivity contribution in [2.75, 3.05) is 6.61 Å². The maximum atomic E-state index is 12.1. The van der Waals surface area contributed by atoms with Crippen LogP contribution < -0.4 is 10.6 Å². The molecule has 1 aromatic rings. The van der Waals surface area contributed by atoms with E-state index in [9.17, 15) is 14.4 Å². The lowest BCUT2D eigenvalue weighted by Crippen LogP contribution is -2.46. The highest BCUT2D eigenvalue weighted by Gasteiger charge is 2.27. The van der Waals surface area contributed by atoms with E-state index in [2.05, 4.69) is 10.6 Å². The molecule has 0 aliphatic heterocycles. The quantitative estimate of drug-likeness (QED) is 0.745. The van der Waals surface area contributed by atoms with Crippen LogP contribution in [0.3, 0.4) is 0 Å². The highest BCUT2D eigenvalue weighted by molar-refractivity contribution is 7.12. The Kier molecular flexibility index (Phi) is 7.04. The van der Waals surface area contributed by atoms with Gasteiger partial charge in [-0.05, 0) is 31.2 Å². The number of hydrogen-bond donors (Lipinski definition) is 2. The van der Waals surface area contributed by atoms with Crippen molar-refractivity contribution in [2.24, 2.45) is 5.92 Å². The van der Waals surface area contributed by atoms with Crippen molar-refractivity contribution in [1.82, 2.24) is 10.6 Å². The Hall–Kier alpha value is -1.89. The molecule has 22 heavy (non-hydrogen) atoms. The largest absolute Gasteiger partial charge is 0.454 e. The van der Waals surface area contributed by atoms with Gasteiger partial charge in [-0.1, -0.05) is 19.9 Å². The van der Waals surface area contributed by atoms with E-state index in [1.54, 1.807) is 31.4 Å². The molecule has 1 heterocycles. The third-order valence-corrected chi connectivity index (χ3v) is 3.62. The number of carbonyl (C=O) groups excluding carboxylic acids is 3. The molecule has 2 N–H and O–H groups in total. The molecule has 1 rings (SSSR count). The fourth-order valence-corrected chi connectivity index (χ4v) is 2.33. The van der Waals surface area contributed by atoms with Crippen LogP contribution in [0.15, 0.2) is 17.5 Å². The van der Waals surface area contributed by atoms with E-state index < -0.39 is 12.0 Å². The first kappa shape index (κ1) is 18.2. The molecule has 0 spiro atoms. The average Bonchev–Trinajstić information content (AvgIpc) is 2.95. The standard InChI is InChI=1S/C15H22N2O4S/c1-9(2)13(17-14(19)11-6-5-7-22-11)15(20)21-8-12(18)16-10(3)4/h5-7,9-10,13H,8H2,1-4H3,(H,16,18)(H,17,19)/t13-/m1/s1. The number of thiophene rings is 1. The molecular formula is C15H22N2O4S. The van der Waals surface area contributed by atoms with Crippen LogP contribution in [0.1, 0.15) is 37.4 Å². The Bertz CT molecular complexity index is 512. The van der Waals surface area contributed by atoms with Crippen LogP contribution in [0.25, 0.3) is 0 Å². The van der Waals surface area contributed by atoms with E-state index in [4.69, 9.17) is 4.74 Å². The van der Waals surface area contributed by atoms with Crippen molar-refractivity contribution in [3.8, 4) is 0 Å². The first-order valence-corrected chi connectivity index (χ1v) is 7.99. The van der Waals surface area contributed by atoms with Crippen LogP contribution in [0, 0.1) is 5.92 Å². The Labute approximate surface area is 134 Å². The normalized spacial score (nSPS) is 12.1. The van der Waals surface area contributed by atoms with Crippen molar-refractivity contribution < 1.29 is 19.1 Å². The van der Waals surface area contributed by atoms with Crippen molar-refractivity contribution >= 4 is 29.1 Å². The first-order chi connectivity index (χ1) is 10.3. The van der Waals surface area contributed by atoms with Gasteiger partial charge in [0.1, 0.15) is 6.04 Å². The van der Waals surface area contributed by atoms with Gasteiger partial charge in [-0.3, -0.25) is 9.59 Å². The predicted octanol–water partition coefficient (Wildman–Crippen LogP) is 1.57. The van der Waals surface area contributed by atoms with Gasteiger partial charge in [-0.15, -0.1) is 11.3 Å². The second kappa shape index (κ2) is 8.53. The summed E-state index contributed by atoms with van der Waals surface area (Å²) < 4.78 is 4.98. The number of rotatable bonds is 7. The summed E-state index contributed by atoms with van der Waals surface area (Å²) in [6.45, 7) is 6.88. The lowest BCUT2D eigenvalue weighted by atomic mass is 10.0. The van der Waals surface area contributed by atoms with Gasteiger partial charge < -0.3 is 15.4 Å². The Balaban J connectivity index is 2.57. The van der Waals surface area contributed by atoms with Crippen LogP contribution >= 0.6 is 11.3 Å². The SMILES string of the molecule is CC(C)NC(=O)COC(=O)[C@H](NC(=O)c1cccs1)C(C)C. The molecule has 7 heteroatoms. The lowest BCUT2D eigenvalue weighted by molar-refractivity contribution is -0.151. The molecule has 2 amide bonds. The Morgan fingerprint density at radius 3 is 2.36 bits per heavy atom. The minimum atomic E-state index is -0.790. The molecule has 0 radical (unpaired) electrons. The smallest absolute Gasteiger partial charge is 0.329 e. The van der Waals surface area contributed by atoms with Gasteiger partial charge in [-0.25, -0.2) is 4.79 Å². The zero-order valence-electron chi connectivity index (χ0n) is 13.2. The van der Waals surface area contributed by atoms with Gasteiger partial charge in [0.05, 0.1) is 4.88 Å². The third kappa shape index (κ3) is 5.85. The molecule has 1 atom stereocenters. The van der Waals surface area contributed by atoms with Crippen molar-refractivity contribution in [3.63, 3.8) is 0 Å². The predicted molar refractivity (Wildman–Crippen MR) is 84.6 cm³/mol. The summed E-state index contributed by atoms with van der Waals surface area (Å²) in [4.78, 5) is 36.1. The van der Waals surface area contributed by atoms with Gasteiger partial charge >= 0.3 is 5.97 Å². The van der Waals surface area contributed by atoms with Crippen LogP contribution in [0.2, 0.25) is 0 Å². The van der Waals surface area contributed by atoms with Gasteiger partial charge in [0.15, 0.2) is 6.61 Å². The molecular weight excluding hydrogens is 304 g/mol. The highest BCUT2D eigenvalue weighted by Crippen LogP contribution is 2.11. The molecule has 0 bridgehead atoms. The monoisotopic (exact) mass is 326 g/mol. The van der Waals surface area contributed by atoms with Crippen molar-refractivity contribution in [2.45, 2.75) is 39.8 Å². The number of nitrogens with one attached hydrogen (secondary N) is 2. The van der Waals surface area contributed by atoms with E-state index in [0.717, 1.165) is 0 Å². The fourth-order valence-electron chi connectivity index (χ4n) is 1.71. The molecule has 6 nitrogen and oxygen atoms in total. The summed E-state index contributed by atoms with van der Waals surface area (Å²) in [5.41, 5.74) is 0. The second-order valence-corrected chi connectivity index (χ2v) is 6.45. The minimum Gasteiger partial charge on any atom is -0.454 e. The van der Waals surface area contributed by atoms with Crippen LogP contribution in [0.4, 0.5) is 0 Å². The summed E-state index contributed by atoms with van der Waals surface area (Å²) in [5.74, 6) is -1.45. The summed E-state index contributed by atoms with van der Waals surface area (Å²) >= 11 is 1.29. The topological polar surface area (TPSA) is 84.5 Å². The number of esters is 1. The van der Waals surface area contributed by atoms with Crippen LogP contribution in [-0.2, 0) is 14.3 Å².